The summed E-state index contributed by atoms with van der Waals surface area (Å²) in [5.74, 6) is 0. The van der Waals surface area contributed by atoms with Crippen LogP contribution in [-0.2, 0) is 10.8 Å². The Morgan fingerprint density at radius 2 is 0.566 bits per heavy atom. The van der Waals surface area contributed by atoms with E-state index in [1.54, 1.807) is 0 Å². The average Bonchev–Trinajstić information content (AvgIpc) is 4.03. The van der Waals surface area contributed by atoms with E-state index in [2.05, 4.69) is 313 Å². The molecule has 0 spiro atoms. The van der Waals surface area contributed by atoms with E-state index in [1.807, 2.05) is 0 Å². The second kappa shape index (κ2) is 17.4. The highest BCUT2D eigenvalue weighted by molar-refractivity contribution is 6.16. The summed E-state index contributed by atoms with van der Waals surface area (Å²) in [7, 11) is 0. The van der Waals surface area contributed by atoms with Gasteiger partial charge in [-0.3, -0.25) is 0 Å². The minimum atomic E-state index is -0.683. The first kappa shape index (κ1) is 43.8. The highest BCUT2D eigenvalue weighted by Crippen LogP contribution is 2.62. The molecule has 1 aromatic heterocycles. The van der Waals surface area contributed by atoms with Crippen molar-refractivity contribution in [3.63, 3.8) is 0 Å². The van der Waals surface area contributed by atoms with Gasteiger partial charge in [-0.25, -0.2) is 0 Å². The molecule has 3 heterocycles. The molecule has 0 saturated heterocycles. The van der Waals surface area contributed by atoms with E-state index in [0.717, 1.165) is 22.6 Å². The van der Waals surface area contributed by atoms with E-state index >= 15 is 0 Å². The number of hydrogen-bond acceptors (Lipinski definition) is 1. The number of nitrogens with zero attached hydrogens (tertiary/aromatic N) is 2. The van der Waals surface area contributed by atoms with Gasteiger partial charge in [0.1, 0.15) is 0 Å². The Morgan fingerprint density at radius 3 is 0.987 bits per heavy atom. The molecule has 2 aliphatic heterocycles. The molecule has 0 N–H and O–H groups in total. The standard InChI is InChI=1S/C74H50N2/c1-7-21-51(22-8-1)53-37-43-61(44-38-53)75(62-45-39-54(40-46-62)52-23-9-2-10-24-52)63-47-41-55(42-48-63)56-49-65-64-33-19-34-66-70(64)76-71(65)69(50-56)74(59-29-15-5-16-30-59,60-31-17-6-18-32-60)68-36-20-35-67(72(68)76)73(66,57-25-11-3-12-26-57)58-27-13-4-14-28-58/h1-50H. The Labute approximate surface area is 443 Å². The van der Waals surface area contributed by atoms with E-state index < -0.39 is 10.8 Å². The van der Waals surface area contributed by atoms with Gasteiger partial charge >= 0.3 is 0 Å². The lowest BCUT2D eigenvalue weighted by Gasteiger charge is -2.47. The fourth-order valence-corrected chi connectivity index (χ4v) is 13.3. The molecule has 2 aliphatic rings. The quantitative estimate of drug-likeness (QED) is 0.133. The van der Waals surface area contributed by atoms with Crippen LogP contribution in [0.3, 0.4) is 0 Å². The van der Waals surface area contributed by atoms with Gasteiger partial charge in [-0.1, -0.05) is 255 Å². The van der Waals surface area contributed by atoms with Crippen molar-refractivity contribution in [2.75, 3.05) is 4.90 Å². The van der Waals surface area contributed by atoms with Gasteiger partial charge < -0.3 is 9.47 Å². The van der Waals surface area contributed by atoms with Crippen LogP contribution in [0, 0.1) is 0 Å². The molecular weight excluding hydrogens is 917 g/mol. The highest BCUT2D eigenvalue weighted by atomic mass is 15.1. The van der Waals surface area contributed by atoms with Crippen molar-refractivity contribution in [1.82, 2.24) is 4.57 Å². The van der Waals surface area contributed by atoms with Crippen LogP contribution < -0.4 is 4.90 Å². The van der Waals surface area contributed by atoms with Crippen LogP contribution in [0.2, 0.25) is 0 Å². The number of hydrogen-bond donors (Lipinski definition) is 0. The summed E-state index contributed by atoms with van der Waals surface area (Å²) in [6, 6.07) is 113. The largest absolute Gasteiger partial charge is 0.311 e. The fraction of sp³-hybridized carbons (Fsp3) is 0.0270. The van der Waals surface area contributed by atoms with Gasteiger partial charge in [-0.2, -0.15) is 0 Å². The van der Waals surface area contributed by atoms with Gasteiger partial charge in [0, 0.05) is 27.8 Å². The van der Waals surface area contributed by atoms with Crippen LogP contribution in [0.25, 0.3) is 60.9 Å². The number of fused-ring (bicyclic) bond motifs is 1. The molecule has 0 atom stereocenters. The molecule has 0 fully saturated rings. The van der Waals surface area contributed by atoms with Crippen molar-refractivity contribution in [3.05, 3.63) is 348 Å². The lowest BCUT2D eigenvalue weighted by molar-refractivity contribution is 0.684. The lowest BCUT2D eigenvalue weighted by Crippen LogP contribution is -2.41. The number of para-hydroxylation sites is 2. The van der Waals surface area contributed by atoms with E-state index in [4.69, 9.17) is 0 Å². The normalized spacial score (nSPS) is 13.5. The summed E-state index contributed by atoms with van der Waals surface area (Å²) in [5, 5.41) is 2.51. The van der Waals surface area contributed by atoms with Gasteiger partial charge in [0.15, 0.2) is 0 Å². The number of rotatable bonds is 10. The third kappa shape index (κ3) is 6.41. The topological polar surface area (TPSA) is 8.17 Å². The molecule has 0 amide bonds. The minimum Gasteiger partial charge on any atom is -0.311 e. The van der Waals surface area contributed by atoms with Crippen molar-refractivity contribution in [3.8, 4) is 39.1 Å². The van der Waals surface area contributed by atoms with Crippen LogP contribution in [0.15, 0.2) is 303 Å². The van der Waals surface area contributed by atoms with Crippen molar-refractivity contribution in [2.45, 2.75) is 10.8 Å². The van der Waals surface area contributed by atoms with Crippen molar-refractivity contribution in [2.24, 2.45) is 0 Å². The zero-order chi connectivity index (χ0) is 50.2. The molecule has 0 aliphatic carbocycles. The molecule has 0 bridgehead atoms. The predicted octanol–water partition coefficient (Wildman–Crippen LogP) is 18.6. The first-order chi connectivity index (χ1) is 37.7. The molecule has 12 aromatic carbocycles. The third-order valence-corrected chi connectivity index (χ3v) is 16.5. The SMILES string of the molecule is c1ccc(-c2ccc(N(c3ccc(-c4ccccc4)cc3)c3ccc(-c4cc5c6c(c4)c4cccc7c4n6-c4c(cccc4C5(c4ccccc4)c4ccccc4)C7(c4ccccc4)c4ccccc4)cc3)cc2)cc1. The fourth-order valence-electron chi connectivity index (χ4n) is 13.3. The molecule has 76 heavy (non-hydrogen) atoms. The Morgan fingerprint density at radius 1 is 0.237 bits per heavy atom. The second-order valence-corrected chi connectivity index (χ2v) is 20.3. The van der Waals surface area contributed by atoms with Crippen LogP contribution in [-0.4, -0.2) is 4.57 Å². The van der Waals surface area contributed by atoms with E-state index in [0.29, 0.717) is 0 Å². The Kier molecular flexibility index (Phi) is 10.0. The third-order valence-electron chi connectivity index (χ3n) is 16.5. The Bertz CT molecular complexity index is 4100. The lowest BCUT2D eigenvalue weighted by atomic mass is 9.58. The molecule has 2 heteroatoms. The van der Waals surface area contributed by atoms with Crippen LogP contribution in [0.4, 0.5) is 17.1 Å². The van der Waals surface area contributed by atoms with Crippen molar-refractivity contribution in [1.29, 1.82) is 0 Å². The molecule has 0 radical (unpaired) electrons. The Balaban J connectivity index is 0.979. The maximum atomic E-state index is 2.66. The molecule has 15 rings (SSSR count). The molecular formula is C74H50N2. The summed E-state index contributed by atoms with van der Waals surface area (Å²) in [6.45, 7) is 0. The zero-order valence-electron chi connectivity index (χ0n) is 41.8. The number of aromatic nitrogens is 1. The zero-order valence-corrected chi connectivity index (χ0v) is 41.8. The van der Waals surface area contributed by atoms with Crippen LogP contribution in [0.1, 0.15) is 44.5 Å². The smallest absolute Gasteiger partial charge is 0.0742 e. The van der Waals surface area contributed by atoms with E-state index in [1.165, 1.54) is 99.8 Å². The van der Waals surface area contributed by atoms with Gasteiger partial charge in [-0.15, -0.1) is 0 Å². The molecule has 0 unspecified atom stereocenters. The molecule has 356 valence electrons. The van der Waals surface area contributed by atoms with Crippen molar-refractivity contribution < 1.29 is 0 Å². The average molecular weight is 967 g/mol. The molecule has 2 nitrogen and oxygen atoms in total. The monoisotopic (exact) mass is 966 g/mol. The van der Waals surface area contributed by atoms with E-state index in [-0.39, 0.29) is 0 Å². The Hall–Kier alpha value is -9.76. The second-order valence-electron chi connectivity index (χ2n) is 20.3. The highest BCUT2D eigenvalue weighted by Gasteiger charge is 2.52. The van der Waals surface area contributed by atoms with Gasteiger partial charge in [0.2, 0.25) is 0 Å². The van der Waals surface area contributed by atoms with Crippen LogP contribution >= 0.6 is 0 Å². The van der Waals surface area contributed by atoms with Gasteiger partial charge in [-0.05, 0) is 126 Å². The van der Waals surface area contributed by atoms with Crippen LogP contribution in [0.5, 0.6) is 0 Å². The summed E-state index contributed by atoms with van der Waals surface area (Å²) >= 11 is 0. The molecule has 0 saturated carbocycles. The van der Waals surface area contributed by atoms with Gasteiger partial charge in [0.25, 0.3) is 0 Å². The first-order valence-electron chi connectivity index (χ1n) is 26.4. The maximum absolute atomic E-state index is 2.66. The number of anilines is 3. The van der Waals surface area contributed by atoms with Crippen molar-refractivity contribution >= 4 is 38.9 Å². The maximum Gasteiger partial charge on any atom is 0.0742 e. The summed E-state index contributed by atoms with van der Waals surface area (Å²) < 4.78 is 2.66. The first-order valence-corrected chi connectivity index (χ1v) is 26.4. The summed E-state index contributed by atoms with van der Waals surface area (Å²) in [5.41, 5.74) is 23.0. The van der Waals surface area contributed by atoms with Gasteiger partial charge in [0.05, 0.1) is 27.6 Å². The molecule has 13 aromatic rings. The van der Waals surface area contributed by atoms with E-state index in [9.17, 15) is 0 Å². The summed E-state index contributed by atoms with van der Waals surface area (Å²) in [6.07, 6.45) is 0. The predicted molar refractivity (Wildman–Crippen MR) is 316 cm³/mol. The minimum absolute atomic E-state index is 0.608. The summed E-state index contributed by atoms with van der Waals surface area (Å²) in [4.78, 5) is 2.38. The number of benzene rings is 12.